The van der Waals surface area contributed by atoms with Gasteiger partial charge in [-0.2, -0.15) is 4.31 Å². The monoisotopic (exact) mass is 315 g/mol. The maximum absolute atomic E-state index is 12.5. The first-order chi connectivity index (χ1) is 9.78. The Hall–Kier alpha value is -1.60. The average molecular weight is 315 g/mol. The molecule has 21 heavy (non-hydrogen) atoms. The van der Waals surface area contributed by atoms with E-state index in [4.69, 9.17) is 9.84 Å². The molecule has 118 valence electrons. The number of carboxylic acids is 1. The fraction of sp³-hybridized carbons (Fsp3) is 0.500. The smallest absolute Gasteiger partial charge is 0.341 e. The lowest BCUT2D eigenvalue weighted by Gasteiger charge is -2.25. The van der Waals surface area contributed by atoms with Gasteiger partial charge in [0.25, 0.3) is 0 Å². The maximum atomic E-state index is 12.5. The number of nitrogens with zero attached hydrogens (tertiary/aromatic N) is 1. The molecule has 6 nitrogen and oxygen atoms in total. The van der Waals surface area contributed by atoms with Crippen molar-refractivity contribution < 1.29 is 23.1 Å². The first-order valence-corrected chi connectivity index (χ1v) is 8.19. The molecule has 1 aromatic carbocycles. The third-order valence-electron chi connectivity index (χ3n) is 2.81. The molecular formula is C14H21NO5S. The predicted molar refractivity (Wildman–Crippen MR) is 78.9 cm³/mol. The van der Waals surface area contributed by atoms with E-state index < -0.39 is 22.6 Å². The van der Waals surface area contributed by atoms with Crippen LogP contribution in [0.15, 0.2) is 29.2 Å². The van der Waals surface area contributed by atoms with Crippen molar-refractivity contribution in [3.05, 3.63) is 24.3 Å². The lowest BCUT2D eigenvalue weighted by Crippen LogP contribution is -2.37. The van der Waals surface area contributed by atoms with Gasteiger partial charge in [0.05, 0.1) is 4.90 Å². The molecule has 0 aliphatic carbocycles. The zero-order valence-electron chi connectivity index (χ0n) is 12.4. The summed E-state index contributed by atoms with van der Waals surface area (Å²) >= 11 is 0. The molecular weight excluding hydrogens is 294 g/mol. The maximum Gasteiger partial charge on any atom is 0.341 e. The van der Waals surface area contributed by atoms with Crippen molar-refractivity contribution in [1.29, 1.82) is 0 Å². The highest BCUT2D eigenvalue weighted by Gasteiger charge is 2.26. The van der Waals surface area contributed by atoms with Gasteiger partial charge in [0.1, 0.15) is 5.75 Å². The van der Waals surface area contributed by atoms with E-state index in [-0.39, 0.29) is 10.9 Å². The van der Waals surface area contributed by atoms with Gasteiger partial charge in [0.15, 0.2) is 6.61 Å². The molecule has 1 rings (SSSR count). The Balaban J connectivity index is 2.95. The summed E-state index contributed by atoms with van der Waals surface area (Å²) < 4.78 is 31.5. The van der Waals surface area contributed by atoms with Crippen molar-refractivity contribution in [3.8, 4) is 5.75 Å². The van der Waals surface area contributed by atoms with Crippen LogP contribution in [-0.2, 0) is 14.8 Å². The molecule has 0 amide bonds. The zero-order valence-corrected chi connectivity index (χ0v) is 13.3. The summed E-state index contributed by atoms with van der Waals surface area (Å²) in [5.74, 6) is -0.761. The van der Waals surface area contributed by atoms with Gasteiger partial charge in [-0.15, -0.1) is 0 Å². The standard InChI is InChI=1S/C14H21NO5S/c1-4-9-15(11(2)3)21(18,19)13-7-5-12(6-8-13)20-10-14(16)17/h5-8,11H,4,9-10H2,1-3H3,(H,16,17). The lowest BCUT2D eigenvalue weighted by atomic mass is 10.3. The van der Waals surface area contributed by atoms with Crippen LogP contribution in [0.25, 0.3) is 0 Å². The molecule has 0 fully saturated rings. The fourth-order valence-corrected chi connectivity index (χ4v) is 3.59. The Morgan fingerprint density at radius 1 is 1.29 bits per heavy atom. The van der Waals surface area contributed by atoms with Crippen LogP contribution in [0.2, 0.25) is 0 Å². The second-order valence-electron chi connectivity index (χ2n) is 4.86. The molecule has 0 spiro atoms. The Morgan fingerprint density at radius 2 is 1.86 bits per heavy atom. The number of carboxylic acid groups (broad SMARTS) is 1. The molecule has 1 N–H and O–H groups in total. The molecule has 7 heteroatoms. The number of aliphatic carboxylic acids is 1. The van der Waals surface area contributed by atoms with E-state index >= 15 is 0 Å². The molecule has 0 radical (unpaired) electrons. The van der Waals surface area contributed by atoms with E-state index in [0.29, 0.717) is 12.3 Å². The first kappa shape index (κ1) is 17.5. The quantitative estimate of drug-likeness (QED) is 0.793. The van der Waals surface area contributed by atoms with Gasteiger partial charge < -0.3 is 9.84 Å². The molecule has 0 bridgehead atoms. The van der Waals surface area contributed by atoms with Crippen LogP contribution in [0, 0.1) is 0 Å². The topological polar surface area (TPSA) is 83.9 Å². The minimum absolute atomic E-state index is 0.127. The van der Waals surface area contributed by atoms with Crippen LogP contribution in [0.4, 0.5) is 0 Å². The van der Waals surface area contributed by atoms with E-state index in [2.05, 4.69) is 0 Å². The number of carbonyl (C=O) groups is 1. The second kappa shape index (κ2) is 7.42. The summed E-state index contributed by atoms with van der Waals surface area (Å²) in [6.07, 6.45) is 0.733. The van der Waals surface area contributed by atoms with E-state index in [9.17, 15) is 13.2 Å². The summed E-state index contributed by atoms with van der Waals surface area (Å²) in [6.45, 7) is 5.58. The van der Waals surface area contributed by atoms with Gasteiger partial charge >= 0.3 is 5.97 Å². The van der Waals surface area contributed by atoms with E-state index in [1.807, 2.05) is 20.8 Å². The summed E-state index contributed by atoms with van der Waals surface area (Å²) in [5.41, 5.74) is 0. The molecule has 0 heterocycles. The Bertz CT molecular complexity index is 566. The highest BCUT2D eigenvalue weighted by Crippen LogP contribution is 2.21. The van der Waals surface area contributed by atoms with Crippen LogP contribution in [0.3, 0.4) is 0 Å². The largest absolute Gasteiger partial charge is 0.482 e. The van der Waals surface area contributed by atoms with Gasteiger partial charge in [-0.25, -0.2) is 13.2 Å². The van der Waals surface area contributed by atoms with Crippen LogP contribution in [0.5, 0.6) is 5.75 Å². The molecule has 0 saturated carbocycles. The number of benzene rings is 1. The predicted octanol–water partition coefficient (Wildman–Crippen LogP) is 1.96. The second-order valence-corrected chi connectivity index (χ2v) is 6.75. The van der Waals surface area contributed by atoms with E-state index in [0.717, 1.165) is 6.42 Å². The number of hydrogen-bond donors (Lipinski definition) is 1. The molecule has 0 saturated heterocycles. The van der Waals surface area contributed by atoms with E-state index in [1.165, 1.54) is 28.6 Å². The van der Waals surface area contributed by atoms with Gasteiger partial charge in [-0.1, -0.05) is 6.92 Å². The minimum Gasteiger partial charge on any atom is -0.482 e. The normalized spacial score (nSPS) is 11.9. The van der Waals surface area contributed by atoms with Crippen LogP contribution in [0.1, 0.15) is 27.2 Å². The van der Waals surface area contributed by atoms with Gasteiger partial charge in [0.2, 0.25) is 10.0 Å². The fourth-order valence-electron chi connectivity index (χ4n) is 1.86. The van der Waals surface area contributed by atoms with Gasteiger partial charge in [-0.3, -0.25) is 0 Å². The lowest BCUT2D eigenvalue weighted by molar-refractivity contribution is -0.139. The summed E-state index contributed by atoms with van der Waals surface area (Å²) in [5, 5.41) is 8.52. The Morgan fingerprint density at radius 3 is 2.29 bits per heavy atom. The number of hydrogen-bond acceptors (Lipinski definition) is 4. The van der Waals surface area contributed by atoms with Gasteiger partial charge in [-0.05, 0) is 44.5 Å². The minimum atomic E-state index is -3.55. The van der Waals surface area contributed by atoms with Crippen LogP contribution in [-0.4, -0.2) is 43.0 Å². The summed E-state index contributed by atoms with van der Waals surface area (Å²) in [4.78, 5) is 10.6. The van der Waals surface area contributed by atoms with Crippen molar-refractivity contribution in [1.82, 2.24) is 4.31 Å². The average Bonchev–Trinajstić information content (AvgIpc) is 2.42. The van der Waals surface area contributed by atoms with Crippen molar-refractivity contribution in [2.75, 3.05) is 13.2 Å². The zero-order chi connectivity index (χ0) is 16.0. The van der Waals surface area contributed by atoms with Crippen molar-refractivity contribution in [2.24, 2.45) is 0 Å². The van der Waals surface area contributed by atoms with Gasteiger partial charge in [0, 0.05) is 12.6 Å². The van der Waals surface area contributed by atoms with Crippen molar-refractivity contribution in [3.63, 3.8) is 0 Å². The number of sulfonamides is 1. The first-order valence-electron chi connectivity index (χ1n) is 6.75. The Kier molecular flexibility index (Phi) is 6.17. The van der Waals surface area contributed by atoms with Crippen LogP contribution >= 0.6 is 0 Å². The van der Waals surface area contributed by atoms with E-state index in [1.54, 1.807) is 0 Å². The number of ether oxygens (including phenoxy) is 1. The molecule has 0 aliphatic heterocycles. The Labute approximate surface area is 125 Å². The molecule has 0 unspecified atom stereocenters. The molecule has 0 aliphatic rings. The van der Waals surface area contributed by atoms with Crippen LogP contribution < -0.4 is 4.74 Å². The molecule has 1 aromatic rings. The molecule has 0 aromatic heterocycles. The third kappa shape index (κ3) is 4.71. The molecule has 0 atom stereocenters. The highest BCUT2D eigenvalue weighted by molar-refractivity contribution is 7.89. The summed E-state index contributed by atoms with van der Waals surface area (Å²) in [7, 11) is -3.55. The SMILES string of the molecule is CCCN(C(C)C)S(=O)(=O)c1ccc(OCC(=O)O)cc1. The third-order valence-corrected chi connectivity index (χ3v) is 4.90. The van der Waals surface area contributed by atoms with Crippen molar-refractivity contribution >= 4 is 16.0 Å². The highest BCUT2D eigenvalue weighted by atomic mass is 32.2. The summed E-state index contributed by atoms with van der Waals surface area (Å²) in [6, 6.07) is 5.65. The van der Waals surface area contributed by atoms with Crippen molar-refractivity contribution in [2.45, 2.75) is 38.1 Å². The number of rotatable bonds is 8.